The maximum Gasteiger partial charge on any atom is 0 e. The third-order valence-electron chi connectivity index (χ3n) is 0. The van der Waals surface area contributed by atoms with Gasteiger partial charge >= 0.3 is 0 Å². The number of hydrogen-bond donors (Lipinski definition) is 0. The molecule has 0 amide bonds. The van der Waals surface area contributed by atoms with Gasteiger partial charge in [0, 0.05) is 71.1 Å². The van der Waals surface area contributed by atoms with Crippen molar-refractivity contribution in [3.63, 3.8) is 0 Å². The van der Waals surface area contributed by atoms with Crippen molar-refractivity contribution in [1.29, 1.82) is 0 Å². The molecule has 0 aliphatic carbocycles. The average Bonchev–Trinajstić information content (AvgIpc) is 0. The van der Waals surface area contributed by atoms with Crippen LogP contribution in [0.5, 0.6) is 0 Å². The van der Waals surface area contributed by atoms with Gasteiger partial charge in [-0.05, 0) is 0 Å². The standard InChI is InChI=1S/Al.As.In.P. The van der Waals surface area contributed by atoms with E-state index < -0.39 is 0 Å². The first-order chi connectivity index (χ1) is 0. The molecule has 0 aliphatic heterocycles. The van der Waals surface area contributed by atoms with Crippen LogP contribution in [0.25, 0.3) is 0 Å². The van der Waals surface area contributed by atoms with Crippen molar-refractivity contribution in [2.45, 2.75) is 0 Å². The Bertz CT molecular complexity index is 8.00. The van der Waals surface area contributed by atoms with Crippen molar-refractivity contribution in [1.82, 2.24) is 0 Å². The molecule has 0 nitrogen and oxygen atoms in total. The van der Waals surface area contributed by atoms with Crippen molar-refractivity contribution in [2.75, 3.05) is 0 Å². The molecule has 0 fully saturated rings. The molecule has 4 heavy (non-hydrogen) atoms. The van der Waals surface area contributed by atoms with Gasteiger partial charge in [0.2, 0.25) is 0 Å². The van der Waals surface area contributed by atoms with Gasteiger partial charge in [-0.25, -0.2) is 0 Å². The molecule has 0 aromatic rings. The first-order valence-corrected chi connectivity index (χ1v) is 0. The van der Waals surface area contributed by atoms with E-state index in [0.29, 0.717) is 0 Å². The Kier molecular flexibility index (Phi) is 148. The summed E-state index contributed by atoms with van der Waals surface area (Å²) in [5, 5.41) is 0. The Hall–Kier alpha value is 2.39. The SMILES string of the molecule is [Al].[As].[In].[P]. The Morgan fingerprint density at radius 3 is 1.00 bits per heavy atom. The molecule has 0 heterocycles. The van der Waals surface area contributed by atoms with E-state index in [1.54, 1.807) is 0 Å². The van der Waals surface area contributed by atoms with Crippen LogP contribution in [0.1, 0.15) is 0 Å². The van der Waals surface area contributed by atoms with Gasteiger partial charge in [0.15, 0.2) is 0 Å². The van der Waals surface area contributed by atoms with Crippen molar-refractivity contribution in [2.24, 2.45) is 0 Å². The summed E-state index contributed by atoms with van der Waals surface area (Å²) in [5.74, 6) is 0. The van der Waals surface area contributed by atoms with Crippen molar-refractivity contribution in [3.8, 4) is 0 Å². The van der Waals surface area contributed by atoms with Crippen LogP contribution in [0, 0.1) is 0 Å². The van der Waals surface area contributed by atoms with Crippen LogP contribution in [0.3, 0.4) is 0 Å². The summed E-state index contributed by atoms with van der Waals surface area (Å²) in [7, 11) is 0. The third-order valence-corrected chi connectivity index (χ3v) is 0. The number of hydrogen-bond acceptors (Lipinski definition) is 0. The first kappa shape index (κ1) is 32.5. The van der Waals surface area contributed by atoms with Crippen LogP contribution in [-0.4, -0.2) is 61.2 Å². The molecule has 16 valence electrons. The minimum atomic E-state index is 0. The third kappa shape index (κ3) is 8.83. The summed E-state index contributed by atoms with van der Waals surface area (Å²) in [6.07, 6.45) is 0. The Morgan fingerprint density at radius 2 is 1.00 bits per heavy atom. The largest absolute Gasteiger partial charge is 0 e. The number of rotatable bonds is 0. The summed E-state index contributed by atoms with van der Waals surface area (Å²) >= 11 is 0. The molecule has 0 spiro atoms. The molecule has 4 heteroatoms. The fourth-order valence-electron chi connectivity index (χ4n) is 0. The molecular weight excluding hydrogens is 248 g/mol. The molecule has 0 aromatic heterocycles. The van der Waals surface area contributed by atoms with E-state index in [2.05, 4.69) is 0 Å². The van der Waals surface area contributed by atoms with E-state index in [0.717, 1.165) is 0 Å². The van der Waals surface area contributed by atoms with Crippen LogP contribution in [0.15, 0.2) is 0 Å². The summed E-state index contributed by atoms with van der Waals surface area (Å²) in [6.45, 7) is 0. The first-order valence-electron chi connectivity index (χ1n) is 0. The predicted molar refractivity (Wildman–Crippen MR) is 24.2 cm³/mol. The smallest absolute Gasteiger partial charge is 0 e. The minimum absolute atomic E-state index is 0. The van der Waals surface area contributed by atoms with E-state index in [9.17, 15) is 0 Å². The molecule has 0 bridgehead atoms. The molecular formula is AlAsInP. The summed E-state index contributed by atoms with van der Waals surface area (Å²) < 4.78 is 0. The molecule has 0 N–H and O–H groups in total. The quantitative estimate of drug-likeness (QED) is 0.408. The summed E-state index contributed by atoms with van der Waals surface area (Å²) in [6, 6.07) is 0. The van der Waals surface area contributed by atoms with Crippen molar-refractivity contribution >= 4 is 71.1 Å². The van der Waals surface area contributed by atoms with Crippen LogP contribution in [0.2, 0.25) is 0 Å². The van der Waals surface area contributed by atoms with Crippen LogP contribution in [-0.2, 0) is 0 Å². The van der Waals surface area contributed by atoms with E-state index in [-0.39, 0.29) is 71.1 Å². The van der Waals surface area contributed by atoms with Gasteiger partial charge in [-0.15, -0.1) is 0 Å². The molecule has 0 rings (SSSR count). The molecule has 0 saturated carbocycles. The van der Waals surface area contributed by atoms with Gasteiger partial charge in [0.25, 0.3) is 0 Å². The average molecular weight is 248 g/mol. The fourth-order valence-corrected chi connectivity index (χ4v) is 0. The molecule has 0 atom stereocenters. The molecule has 0 aromatic carbocycles. The fraction of sp³-hybridized carbons (Fsp3) is 0. The van der Waals surface area contributed by atoms with Crippen LogP contribution < -0.4 is 0 Å². The van der Waals surface area contributed by atoms with Crippen LogP contribution in [0.4, 0.5) is 0 Å². The van der Waals surface area contributed by atoms with Gasteiger partial charge < -0.3 is 0 Å². The predicted octanol–water partition coefficient (Wildman–Crippen LogP) is -0.281. The Morgan fingerprint density at radius 1 is 1.00 bits per heavy atom. The van der Waals surface area contributed by atoms with Gasteiger partial charge in [-0.2, -0.15) is 0 Å². The maximum absolute atomic E-state index is 0. The van der Waals surface area contributed by atoms with E-state index in [1.165, 1.54) is 0 Å². The van der Waals surface area contributed by atoms with Gasteiger partial charge in [-0.3, -0.25) is 0 Å². The van der Waals surface area contributed by atoms with Gasteiger partial charge in [0.05, 0.1) is 0 Å². The minimum Gasteiger partial charge on any atom is 0 e. The molecule has 0 saturated heterocycles. The van der Waals surface area contributed by atoms with Crippen molar-refractivity contribution in [3.05, 3.63) is 0 Å². The topological polar surface area (TPSA) is 0 Å². The molecule has 0 aliphatic rings. The summed E-state index contributed by atoms with van der Waals surface area (Å²) in [5.41, 5.74) is 0. The molecule has 0 unspecified atom stereocenters. The second-order valence-corrected chi connectivity index (χ2v) is 0. The second-order valence-electron chi connectivity index (χ2n) is 0. The van der Waals surface area contributed by atoms with E-state index in [4.69, 9.17) is 0 Å². The second kappa shape index (κ2) is 18.2. The van der Waals surface area contributed by atoms with Gasteiger partial charge in [0.1, 0.15) is 0 Å². The zero-order valence-electron chi connectivity index (χ0n) is 2.05. The maximum atomic E-state index is 0. The Labute approximate surface area is 70.3 Å². The van der Waals surface area contributed by atoms with Crippen molar-refractivity contribution < 1.29 is 0 Å². The molecule has 12 radical (unpaired) electrons. The normalized spacial score (nSPS) is 0. The zero-order valence-corrected chi connectivity index (χ0v) is 9.27. The zero-order chi connectivity index (χ0) is 0. The monoisotopic (exact) mass is 248 g/mol. The Balaban J connectivity index is 0. The van der Waals surface area contributed by atoms with E-state index >= 15 is 0 Å². The summed E-state index contributed by atoms with van der Waals surface area (Å²) in [4.78, 5) is 0. The van der Waals surface area contributed by atoms with Gasteiger partial charge in [-0.1, -0.05) is 0 Å². The van der Waals surface area contributed by atoms with E-state index in [1.807, 2.05) is 0 Å². The van der Waals surface area contributed by atoms with Crippen LogP contribution >= 0.6 is 9.90 Å².